The molecule has 4 rings (SSSR count). The number of thioether (sulfide) groups is 1. The predicted molar refractivity (Wildman–Crippen MR) is 109 cm³/mol. The van der Waals surface area contributed by atoms with Gasteiger partial charge in [-0.05, 0) is 31.2 Å². The lowest BCUT2D eigenvalue weighted by molar-refractivity contribution is 0.183. The van der Waals surface area contributed by atoms with E-state index in [2.05, 4.69) is 17.3 Å². The fourth-order valence-electron chi connectivity index (χ4n) is 3.26. The van der Waals surface area contributed by atoms with E-state index in [-0.39, 0.29) is 5.56 Å². The van der Waals surface area contributed by atoms with Crippen LogP contribution < -0.4 is 5.56 Å². The number of aryl methyl sites for hydroxylation is 3. The third-order valence-electron chi connectivity index (χ3n) is 4.56. The first kappa shape index (κ1) is 18.2. The number of hydrogen-bond donors (Lipinski definition) is 0. The molecule has 3 aromatic heterocycles. The first-order valence-corrected chi connectivity index (χ1v) is 11.5. The van der Waals surface area contributed by atoms with Crippen molar-refractivity contribution in [1.29, 1.82) is 0 Å². The highest BCUT2D eigenvalue weighted by Gasteiger charge is 2.23. The van der Waals surface area contributed by atoms with Gasteiger partial charge in [0, 0.05) is 23.1 Å². The quantitative estimate of drug-likeness (QED) is 0.439. The highest BCUT2D eigenvalue weighted by atomic mass is 32.2. The van der Waals surface area contributed by atoms with Gasteiger partial charge in [0.1, 0.15) is 4.83 Å². The third-order valence-corrected chi connectivity index (χ3v) is 7.80. The number of ether oxygens (including phenoxy) is 1. The van der Waals surface area contributed by atoms with Crippen LogP contribution in [-0.4, -0.2) is 28.3 Å². The van der Waals surface area contributed by atoms with Gasteiger partial charge in [0.15, 0.2) is 5.16 Å². The van der Waals surface area contributed by atoms with Crippen LogP contribution in [0.4, 0.5) is 0 Å². The number of rotatable bonds is 7. The van der Waals surface area contributed by atoms with Crippen molar-refractivity contribution in [3.8, 4) is 0 Å². The second kappa shape index (κ2) is 7.80. The van der Waals surface area contributed by atoms with Crippen molar-refractivity contribution >= 4 is 44.7 Å². The average Bonchev–Trinajstić information content (AvgIpc) is 3.34. The van der Waals surface area contributed by atoms with Crippen molar-refractivity contribution in [3.63, 3.8) is 0 Å². The van der Waals surface area contributed by atoms with Crippen LogP contribution in [-0.2, 0) is 36.3 Å². The normalized spacial score (nSPS) is 13.6. The van der Waals surface area contributed by atoms with Crippen LogP contribution in [0.5, 0.6) is 0 Å². The number of fused-ring (bicyclic) bond motifs is 3. The van der Waals surface area contributed by atoms with E-state index < -0.39 is 0 Å². The molecule has 0 spiro atoms. The summed E-state index contributed by atoms with van der Waals surface area (Å²) in [6.07, 6.45) is 4.18. The molecule has 26 heavy (non-hydrogen) atoms. The number of methoxy groups -OCH3 is 1. The third kappa shape index (κ3) is 3.35. The van der Waals surface area contributed by atoms with E-state index >= 15 is 0 Å². The van der Waals surface area contributed by atoms with Crippen molar-refractivity contribution in [2.45, 2.75) is 50.1 Å². The maximum Gasteiger partial charge on any atom is 0.263 e. The highest BCUT2D eigenvalue weighted by Crippen LogP contribution is 2.35. The molecule has 3 aromatic rings. The first-order valence-electron chi connectivity index (χ1n) is 8.81. The van der Waals surface area contributed by atoms with Crippen molar-refractivity contribution in [3.05, 3.63) is 36.9 Å². The molecule has 0 amide bonds. The monoisotopic (exact) mass is 407 g/mol. The summed E-state index contributed by atoms with van der Waals surface area (Å²) < 4.78 is 7.00. The zero-order valence-electron chi connectivity index (χ0n) is 14.9. The molecule has 0 N–H and O–H groups in total. The minimum atomic E-state index is 0.0847. The molecule has 0 aliphatic heterocycles. The van der Waals surface area contributed by atoms with Gasteiger partial charge in [-0.25, -0.2) is 9.97 Å². The van der Waals surface area contributed by atoms with Gasteiger partial charge in [-0.3, -0.25) is 9.36 Å². The maximum atomic E-state index is 13.2. The number of thiazole rings is 1. The molecule has 0 aromatic carbocycles. The molecule has 0 saturated carbocycles. The molecule has 0 unspecified atom stereocenters. The van der Waals surface area contributed by atoms with Crippen LogP contribution in [0.25, 0.3) is 10.2 Å². The summed E-state index contributed by atoms with van der Waals surface area (Å²) in [4.78, 5) is 24.9. The van der Waals surface area contributed by atoms with Crippen LogP contribution in [0, 0.1) is 0 Å². The van der Waals surface area contributed by atoms with Gasteiger partial charge in [0.25, 0.3) is 5.56 Å². The SMILES string of the molecule is CCc1nc(CSc2nc3sc4c(c3c(=O)n2CCOC)CCC4)cs1. The summed E-state index contributed by atoms with van der Waals surface area (Å²) in [5.41, 5.74) is 2.37. The summed E-state index contributed by atoms with van der Waals surface area (Å²) in [7, 11) is 1.66. The molecule has 0 radical (unpaired) electrons. The molecule has 3 heterocycles. The predicted octanol–water partition coefficient (Wildman–Crippen LogP) is 3.90. The zero-order chi connectivity index (χ0) is 18.1. The summed E-state index contributed by atoms with van der Waals surface area (Å²) in [6, 6.07) is 0. The zero-order valence-corrected chi connectivity index (χ0v) is 17.4. The Hall–Kier alpha value is -1.22. The lowest BCUT2D eigenvalue weighted by atomic mass is 10.2. The molecule has 5 nitrogen and oxygen atoms in total. The first-order chi connectivity index (χ1) is 12.7. The minimum absolute atomic E-state index is 0.0847. The average molecular weight is 408 g/mol. The van der Waals surface area contributed by atoms with Crippen LogP contribution in [0.15, 0.2) is 15.3 Å². The molecule has 0 atom stereocenters. The minimum Gasteiger partial charge on any atom is -0.383 e. The van der Waals surface area contributed by atoms with Gasteiger partial charge < -0.3 is 4.74 Å². The van der Waals surface area contributed by atoms with Crippen molar-refractivity contribution in [2.75, 3.05) is 13.7 Å². The van der Waals surface area contributed by atoms with E-state index in [0.29, 0.717) is 13.2 Å². The number of hydrogen-bond acceptors (Lipinski definition) is 7. The molecule has 0 fully saturated rings. The van der Waals surface area contributed by atoms with Gasteiger partial charge in [0.05, 0.1) is 29.2 Å². The Bertz CT molecular complexity index is 990. The van der Waals surface area contributed by atoms with Gasteiger partial charge in [-0.1, -0.05) is 18.7 Å². The fraction of sp³-hybridized carbons (Fsp3) is 0.500. The second-order valence-corrected chi connectivity index (χ2v) is 9.23. The Kier molecular flexibility index (Phi) is 5.45. The van der Waals surface area contributed by atoms with E-state index in [0.717, 1.165) is 57.5 Å². The van der Waals surface area contributed by atoms with Gasteiger partial charge in [0.2, 0.25) is 0 Å². The van der Waals surface area contributed by atoms with Gasteiger partial charge >= 0.3 is 0 Å². The van der Waals surface area contributed by atoms with Crippen molar-refractivity contribution in [2.24, 2.45) is 0 Å². The Labute approximate surface area is 164 Å². The molecular weight excluding hydrogens is 386 g/mol. The molecule has 0 bridgehead atoms. The van der Waals surface area contributed by atoms with E-state index in [1.165, 1.54) is 10.4 Å². The maximum absolute atomic E-state index is 13.2. The molecule has 1 aliphatic rings. The molecule has 1 aliphatic carbocycles. The van der Waals surface area contributed by atoms with E-state index in [1.807, 2.05) is 0 Å². The van der Waals surface area contributed by atoms with Crippen LogP contribution in [0.3, 0.4) is 0 Å². The topological polar surface area (TPSA) is 57.0 Å². The van der Waals surface area contributed by atoms with E-state index in [4.69, 9.17) is 9.72 Å². The largest absolute Gasteiger partial charge is 0.383 e. The van der Waals surface area contributed by atoms with Crippen molar-refractivity contribution < 1.29 is 4.74 Å². The lowest BCUT2D eigenvalue weighted by Crippen LogP contribution is -2.25. The molecule has 8 heteroatoms. The number of thiophene rings is 1. The highest BCUT2D eigenvalue weighted by molar-refractivity contribution is 7.98. The smallest absolute Gasteiger partial charge is 0.263 e. The summed E-state index contributed by atoms with van der Waals surface area (Å²) in [5, 5.41) is 4.85. The Balaban J connectivity index is 1.70. The van der Waals surface area contributed by atoms with Crippen LogP contribution in [0.1, 0.15) is 34.5 Å². The van der Waals surface area contributed by atoms with Gasteiger partial charge in [-0.15, -0.1) is 22.7 Å². The fourth-order valence-corrected chi connectivity index (χ4v) is 6.33. The van der Waals surface area contributed by atoms with Crippen molar-refractivity contribution in [1.82, 2.24) is 14.5 Å². The Morgan fingerprint density at radius 3 is 3.00 bits per heavy atom. The number of nitrogens with zero attached hydrogens (tertiary/aromatic N) is 3. The van der Waals surface area contributed by atoms with Gasteiger partial charge in [-0.2, -0.15) is 0 Å². The summed E-state index contributed by atoms with van der Waals surface area (Å²) in [6.45, 7) is 3.15. The molecular formula is C18H21N3O2S3. The summed E-state index contributed by atoms with van der Waals surface area (Å²) in [5.74, 6) is 0.729. The van der Waals surface area contributed by atoms with Crippen LogP contribution in [0.2, 0.25) is 0 Å². The lowest BCUT2D eigenvalue weighted by Gasteiger charge is -2.11. The Morgan fingerprint density at radius 2 is 2.23 bits per heavy atom. The Morgan fingerprint density at radius 1 is 1.35 bits per heavy atom. The van der Waals surface area contributed by atoms with Crippen LogP contribution >= 0.6 is 34.4 Å². The van der Waals surface area contributed by atoms with E-state index in [1.54, 1.807) is 46.1 Å². The second-order valence-electron chi connectivity index (χ2n) is 6.26. The van der Waals surface area contributed by atoms with E-state index in [9.17, 15) is 4.79 Å². The summed E-state index contributed by atoms with van der Waals surface area (Å²) >= 11 is 4.98. The molecule has 138 valence electrons. The molecule has 0 saturated heterocycles. The standard InChI is InChI=1S/C18H21N3O2S3/c1-3-14-19-11(9-24-14)10-25-18-20-16-15(12-5-4-6-13(12)26-16)17(22)21(18)7-8-23-2/h9H,3-8,10H2,1-2H3. The number of aromatic nitrogens is 3.